The first kappa shape index (κ1) is 15.0. The summed E-state index contributed by atoms with van der Waals surface area (Å²) in [7, 11) is 1.75. The van der Waals surface area contributed by atoms with Crippen molar-refractivity contribution in [2.24, 2.45) is 0 Å². The molecule has 21 heavy (non-hydrogen) atoms. The minimum atomic E-state index is -0.118. The molecule has 0 aliphatic rings. The van der Waals surface area contributed by atoms with Gasteiger partial charge in [0.15, 0.2) is 0 Å². The highest BCUT2D eigenvalue weighted by molar-refractivity contribution is 6.05. The SMILES string of the molecule is CCN(CC)c1ncc(C(=O)N(C)c2ccccc2)cn1. The van der Waals surface area contributed by atoms with Crippen LogP contribution in [-0.4, -0.2) is 36.0 Å². The van der Waals surface area contributed by atoms with Gasteiger partial charge in [0.2, 0.25) is 5.95 Å². The molecule has 0 bridgehead atoms. The topological polar surface area (TPSA) is 49.3 Å². The van der Waals surface area contributed by atoms with E-state index in [0.29, 0.717) is 11.5 Å². The van der Waals surface area contributed by atoms with Crippen LogP contribution in [-0.2, 0) is 0 Å². The van der Waals surface area contributed by atoms with E-state index in [1.54, 1.807) is 24.3 Å². The summed E-state index contributed by atoms with van der Waals surface area (Å²) < 4.78 is 0. The van der Waals surface area contributed by atoms with Crippen molar-refractivity contribution in [3.63, 3.8) is 0 Å². The van der Waals surface area contributed by atoms with Crippen LogP contribution in [0.25, 0.3) is 0 Å². The summed E-state index contributed by atoms with van der Waals surface area (Å²) in [6, 6.07) is 9.51. The zero-order valence-corrected chi connectivity index (χ0v) is 12.7. The Balaban J connectivity index is 2.17. The van der Waals surface area contributed by atoms with Crippen molar-refractivity contribution in [3.8, 4) is 0 Å². The third-order valence-electron chi connectivity index (χ3n) is 3.38. The number of aromatic nitrogens is 2. The van der Waals surface area contributed by atoms with Gasteiger partial charge in [0.25, 0.3) is 5.91 Å². The normalized spacial score (nSPS) is 10.2. The molecule has 0 saturated carbocycles. The maximum Gasteiger partial charge on any atom is 0.261 e. The van der Waals surface area contributed by atoms with Gasteiger partial charge in [0, 0.05) is 38.2 Å². The number of carbonyl (C=O) groups is 1. The lowest BCUT2D eigenvalue weighted by Gasteiger charge is -2.19. The summed E-state index contributed by atoms with van der Waals surface area (Å²) in [5.74, 6) is 0.534. The summed E-state index contributed by atoms with van der Waals surface area (Å²) >= 11 is 0. The molecule has 1 aromatic carbocycles. The molecule has 0 unspecified atom stereocenters. The smallest absolute Gasteiger partial charge is 0.261 e. The quantitative estimate of drug-likeness (QED) is 0.847. The Morgan fingerprint density at radius 2 is 1.62 bits per heavy atom. The minimum absolute atomic E-state index is 0.118. The van der Waals surface area contributed by atoms with Crippen molar-refractivity contribution < 1.29 is 4.79 Å². The van der Waals surface area contributed by atoms with Crippen LogP contribution in [0.2, 0.25) is 0 Å². The Bertz CT molecular complexity index is 579. The number of carbonyl (C=O) groups excluding carboxylic acids is 1. The van der Waals surface area contributed by atoms with Gasteiger partial charge in [0.05, 0.1) is 5.56 Å². The molecule has 1 amide bonds. The van der Waals surface area contributed by atoms with E-state index >= 15 is 0 Å². The van der Waals surface area contributed by atoms with Crippen molar-refractivity contribution in [1.82, 2.24) is 9.97 Å². The third kappa shape index (κ3) is 3.37. The lowest BCUT2D eigenvalue weighted by Crippen LogP contribution is -2.27. The van der Waals surface area contributed by atoms with Crippen molar-refractivity contribution in [3.05, 3.63) is 48.3 Å². The predicted octanol–water partition coefficient (Wildman–Crippen LogP) is 2.60. The molecule has 2 aromatic rings. The maximum atomic E-state index is 12.4. The molecule has 2 rings (SSSR count). The summed E-state index contributed by atoms with van der Waals surface area (Å²) in [6.45, 7) is 5.78. The Morgan fingerprint density at radius 3 is 2.14 bits per heavy atom. The van der Waals surface area contributed by atoms with E-state index in [1.807, 2.05) is 35.2 Å². The highest BCUT2D eigenvalue weighted by atomic mass is 16.2. The number of hydrogen-bond donors (Lipinski definition) is 0. The molecule has 0 fully saturated rings. The van der Waals surface area contributed by atoms with E-state index in [0.717, 1.165) is 18.8 Å². The van der Waals surface area contributed by atoms with Crippen LogP contribution in [0.4, 0.5) is 11.6 Å². The molecule has 5 heteroatoms. The summed E-state index contributed by atoms with van der Waals surface area (Å²) in [5, 5.41) is 0. The van der Waals surface area contributed by atoms with Crippen molar-refractivity contribution in [2.75, 3.05) is 29.9 Å². The van der Waals surface area contributed by atoms with Gasteiger partial charge in [-0.25, -0.2) is 9.97 Å². The molecular weight excluding hydrogens is 264 g/mol. The minimum Gasteiger partial charge on any atom is -0.341 e. The number of benzene rings is 1. The molecule has 0 radical (unpaired) electrons. The second-order valence-corrected chi connectivity index (χ2v) is 4.64. The van der Waals surface area contributed by atoms with Crippen molar-refractivity contribution >= 4 is 17.5 Å². The number of para-hydroxylation sites is 1. The highest BCUT2D eigenvalue weighted by Gasteiger charge is 2.15. The Morgan fingerprint density at radius 1 is 1.05 bits per heavy atom. The number of anilines is 2. The van der Waals surface area contributed by atoms with Crippen LogP contribution < -0.4 is 9.80 Å². The largest absolute Gasteiger partial charge is 0.341 e. The van der Waals surface area contributed by atoms with Crippen LogP contribution in [0.3, 0.4) is 0 Å². The molecule has 0 atom stereocenters. The van der Waals surface area contributed by atoms with Crippen LogP contribution in [0, 0.1) is 0 Å². The van der Waals surface area contributed by atoms with Crippen molar-refractivity contribution in [1.29, 1.82) is 0 Å². The summed E-state index contributed by atoms with van der Waals surface area (Å²) in [5.41, 5.74) is 1.33. The van der Waals surface area contributed by atoms with Crippen LogP contribution in [0.1, 0.15) is 24.2 Å². The van der Waals surface area contributed by atoms with E-state index in [1.165, 1.54) is 0 Å². The number of hydrogen-bond acceptors (Lipinski definition) is 4. The number of nitrogens with zero attached hydrogens (tertiary/aromatic N) is 4. The van der Waals surface area contributed by atoms with Gasteiger partial charge in [-0.3, -0.25) is 4.79 Å². The Labute approximate surface area is 125 Å². The van der Waals surface area contributed by atoms with E-state index in [-0.39, 0.29) is 5.91 Å². The standard InChI is InChI=1S/C16H20N4O/c1-4-20(5-2)16-17-11-13(12-18-16)15(21)19(3)14-9-7-6-8-10-14/h6-12H,4-5H2,1-3H3. The molecule has 0 aliphatic carbocycles. The van der Waals surface area contributed by atoms with Gasteiger partial charge < -0.3 is 9.80 Å². The van der Waals surface area contributed by atoms with Crippen molar-refractivity contribution in [2.45, 2.75) is 13.8 Å². The van der Waals surface area contributed by atoms with Gasteiger partial charge in [-0.05, 0) is 26.0 Å². The summed E-state index contributed by atoms with van der Waals surface area (Å²) in [4.78, 5) is 24.6. The van der Waals surface area contributed by atoms with Gasteiger partial charge in [-0.15, -0.1) is 0 Å². The summed E-state index contributed by atoms with van der Waals surface area (Å²) in [6.07, 6.45) is 3.17. The molecule has 1 heterocycles. The van der Waals surface area contributed by atoms with Gasteiger partial charge in [0.1, 0.15) is 0 Å². The average Bonchev–Trinajstić information content (AvgIpc) is 2.56. The lowest BCUT2D eigenvalue weighted by molar-refractivity contribution is 0.0992. The van der Waals surface area contributed by atoms with Gasteiger partial charge in [-0.1, -0.05) is 18.2 Å². The monoisotopic (exact) mass is 284 g/mol. The molecular formula is C16H20N4O. The lowest BCUT2D eigenvalue weighted by atomic mass is 10.2. The first-order valence-corrected chi connectivity index (χ1v) is 7.07. The second kappa shape index (κ2) is 6.83. The number of rotatable bonds is 5. The first-order chi connectivity index (χ1) is 10.2. The average molecular weight is 284 g/mol. The number of amides is 1. The van der Waals surface area contributed by atoms with E-state index < -0.39 is 0 Å². The van der Waals surface area contributed by atoms with Gasteiger partial charge >= 0.3 is 0 Å². The molecule has 0 aliphatic heterocycles. The first-order valence-electron chi connectivity index (χ1n) is 7.07. The van der Waals surface area contributed by atoms with Gasteiger partial charge in [-0.2, -0.15) is 0 Å². The van der Waals surface area contributed by atoms with Crippen LogP contribution in [0.15, 0.2) is 42.7 Å². The van der Waals surface area contributed by atoms with Crippen LogP contribution in [0.5, 0.6) is 0 Å². The zero-order valence-electron chi connectivity index (χ0n) is 12.7. The second-order valence-electron chi connectivity index (χ2n) is 4.64. The molecule has 5 nitrogen and oxygen atoms in total. The molecule has 110 valence electrons. The fourth-order valence-corrected chi connectivity index (χ4v) is 2.06. The molecule has 0 saturated heterocycles. The Hall–Kier alpha value is -2.43. The van der Waals surface area contributed by atoms with E-state index in [9.17, 15) is 4.79 Å². The zero-order chi connectivity index (χ0) is 15.2. The van der Waals surface area contributed by atoms with E-state index in [4.69, 9.17) is 0 Å². The van der Waals surface area contributed by atoms with Crippen LogP contribution >= 0.6 is 0 Å². The molecule has 1 aromatic heterocycles. The fraction of sp³-hybridized carbons (Fsp3) is 0.312. The fourth-order valence-electron chi connectivity index (χ4n) is 2.06. The van der Waals surface area contributed by atoms with E-state index in [2.05, 4.69) is 23.8 Å². The predicted molar refractivity (Wildman–Crippen MR) is 84.8 cm³/mol. The maximum absolute atomic E-state index is 12.4. The molecule has 0 N–H and O–H groups in total. The Kier molecular flexibility index (Phi) is 4.87. The molecule has 0 spiro atoms. The highest BCUT2D eigenvalue weighted by Crippen LogP contribution is 2.15. The third-order valence-corrected chi connectivity index (χ3v) is 3.38.